The maximum Gasteiger partial charge on any atom is 0.0546 e. The molecule has 128 heavy (non-hydrogen) atoms. The van der Waals surface area contributed by atoms with Crippen molar-refractivity contribution in [3.8, 4) is 33.4 Å². The molecule has 606 valence electrons. The molecule has 0 atom stereocenters. The summed E-state index contributed by atoms with van der Waals surface area (Å²) >= 11 is 0. The second kappa shape index (κ2) is 34.8. The summed E-state index contributed by atoms with van der Waals surface area (Å²) in [7, 11) is 0. The third-order valence-corrected chi connectivity index (χ3v) is 24.8. The molecule has 0 amide bonds. The maximum absolute atomic E-state index is 2.38. The third-order valence-electron chi connectivity index (χ3n) is 24.8. The molecular weight excluding hydrogens is 1550 g/mol. The molecule has 0 unspecified atom stereocenters. The minimum Gasteiger partial charge on any atom is -0.311 e. The van der Waals surface area contributed by atoms with Gasteiger partial charge in [0, 0.05) is 84.1 Å². The van der Waals surface area contributed by atoms with Gasteiger partial charge in [0.25, 0.3) is 0 Å². The SMILES string of the molecule is F.c1ccc(N(c2ccc(-c3ccc(N(c4ccccc4)c4cc5ccccc5c5ccccc45)cc3)cc2)c2cc3ccccc3c3ccccc23)cc1.c1ccc(N(c2ccc(-c3ccc(N(c4ccccc4)c4cc5ccccc5c5ccccc45)cc3)cc2)c2ccc(-c3ccc(N(c4ccccc4)c4cc5ccccc5c5ccccc45)cc3)cc2)cc1. The number of nitrogens with zero attached hydrogens (tertiary/aromatic N) is 5. The Labute approximate surface area is 744 Å². The Bertz CT molecular complexity index is 7450. The Morgan fingerprint density at radius 1 is 0.102 bits per heavy atom. The van der Waals surface area contributed by atoms with Crippen LogP contribution in [0.2, 0.25) is 0 Å². The Morgan fingerprint density at radius 3 is 0.422 bits per heavy atom. The van der Waals surface area contributed by atoms with E-state index in [0.717, 1.165) is 108 Å². The van der Waals surface area contributed by atoms with Gasteiger partial charge < -0.3 is 24.5 Å². The lowest BCUT2D eigenvalue weighted by Crippen LogP contribution is -2.10. The van der Waals surface area contributed by atoms with Crippen molar-refractivity contribution < 1.29 is 4.70 Å². The number of halogens is 1. The summed E-state index contributed by atoms with van der Waals surface area (Å²) in [6.07, 6.45) is 0. The fourth-order valence-electron chi connectivity index (χ4n) is 18.7. The van der Waals surface area contributed by atoms with E-state index in [-0.39, 0.29) is 4.70 Å². The quantitative estimate of drug-likeness (QED) is 0.0794. The highest BCUT2D eigenvalue weighted by Gasteiger charge is 2.24. The summed E-state index contributed by atoms with van der Waals surface area (Å²) in [5.41, 5.74) is 23.8. The van der Waals surface area contributed by atoms with E-state index in [0.29, 0.717) is 0 Å². The van der Waals surface area contributed by atoms with Crippen LogP contribution >= 0.6 is 0 Å². The average Bonchev–Trinajstić information content (AvgIpc) is 0.763. The molecule has 0 heterocycles. The predicted octanol–water partition coefficient (Wildman–Crippen LogP) is 35.1. The van der Waals surface area contributed by atoms with Crippen molar-refractivity contribution in [2.24, 2.45) is 0 Å². The molecule has 0 bridgehead atoms. The summed E-state index contributed by atoms with van der Waals surface area (Å²) in [4.78, 5) is 11.9. The first-order valence-corrected chi connectivity index (χ1v) is 43.5. The van der Waals surface area contributed by atoms with E-state index in [9.17, 15) is 0 Å². The molecule has 0 aliphatic heterocycles. The highest BCUT2D eigenvalue weighted by atomic mass is 19.0. The summed E-state index contributed by atoms with van der Waals surface area (Å²) in [5, 5.41) is 19.8. The van der Waals surface area contributed by atoms with E-state index < -0.39 is 0 Å². The molecule has 6 heteroatoms. The zero-order valence-corrected chi connectivity index (χ0v) is 70.2. The topological polar surface area (TPSA) is 16.2 Å². The molecule has 0 aromatic heterocycles. The van der Waals surface area contributed by atoms with E-state index in [2.05, 4.69) is 540 Å². The Hall–Kier alpha value is -16.9. The molecule has 0 radical (unpaired) electrons. The van der Waals surface area contributed by atoms with Crippen LogP contribution < -0.4 is 24.5 Å². The van der Waals surface area contributed by atoms with Crippen molar-refractivity contribution in [3.05, 3.63) is 516 Å². The van der Waals surface area contributed by atoms with Gasteiger partial charge in [-0.1, -0.05) is 358 Å². The fourth-order valence-corrected chi connectivity index (χ4v) is 18.7. The second-order valence-electron chi connectivity index (χ2n) is 32.3. The molecule has 0 fully saturated rings. The first kappa shape index (κ1) is 78.3. The lowest BCUT2D eigenvalue weighted by molar-refractivity contribution is 1.11. The second-order valence-corrected chi connectivity index (χ2v) is 32.3. The lowest BCUT2D eigenvalue weighted by Gasteiger charge is -2.28. The summed E-state index contributed by atoms with van der Waals surface area (Å²) in [6.45, 7) is 0. The van der Waals surface area contributed by atoms with Crippen molar-refractivity contribution in [1.29, 1.82) is 0 Å². The van der Waals surface area contributed by atoms with Gasteiger partial charge in [0.1, 0.15) is 0 Å². The van der Waals surface area contributed by atoms with Crippen molar-refractivity contribution in [1.82, 2.24) is 0 Å². The average molecular weight is 1640 g/mol. The molecule has 23 aromatic rings. The molecule has 0 aliphatic carbocycles. The lowest BCUT2D eigenvalue weighted by atomic mass is 9.98. The smallest absolute Gasteiger partial charge is 0.0546 e. The molecule has 23 aromatic carbocycles. The molecule has 0 saturated heterocycles. The molecule has 0 spiro atoms. The van der Waals surface area contributed by atoms with Crippen LogP contribution in [0.3, 0.4) is 0 Å². The van der Waals surface area contributed by atoms with Crippen LogP contribution in [0, 0.1) is 0 Å². The standard InChI is InChI=1S/C70H49N3.C52H36N2.FH/c1-4-20-56(21-5-1)71(59-40-32-50(33-41-59)52-36-44-61(45-37-52)72(57-22-6-2-7-23-57)69-48-54-18-10-12-26-63(54)65-28-14-16-30-67(65)69)60-42-34-51(35-43-60)53-38-46-62(47-39-53)73(58-24-8-3-9-25-58)70-49-55-19-11-13-27-64(55)66-29-15-17-31-68(66)70;1-3-17-41(18-4-1)53(51-35-39-15-7-9-21-45(39)47-23-11-13-25-49(47)51)43-31-27-37(28-32-43)38-29-33-44(34-30-38)54(42-19-5-2-6-20-42)52-36-40-16-8-10-22-46(40)48-24-12-14-26-50(48)52;/h1-49H;1-36H;1H. The van der Waals surface area contributed by atoms with Gasteiger partial charge in [0.15, 0.2) is 0 Å². The van der Waals surface area contributed by atoms with Crippen LogP contribution in [0.5, 0.6) is 0 Å². The summed E-state index contributed by atoms with van der Waals surface area (Å²) in [6, 6.07) is 186. The van der Waals surface area contributed by atoms with Crippen molar-refractivity contribution >= 4 is 171 Å². The van der Waals surface area contributed by atoms with Gasteiger partial charge in [0.2, 0.25) is 0 Å². The first-order chi connectivity index (χ1) is 63.0. The minimum absolute atomic E-state index is 0. The minimum atomic E-state index is 0. The van der Waals surface area contributed by atoms with Crippen molar-refractivity contribution in [2.75, 3.05) is 24.5 Å². The number of hydrogen-bond donors (Lipinski definition) is 0. The monoisotopic (exact) mass is 1640 g/mol. The van der Waals surface area contributed by atoms with Crippen LogP contribution in [-0.2, 0) is 0 Å². The highest BCUT2D eigenvalue weighted by Crippen LogP contribution is 2.49. The highest BCUT2D eigenvalue weighted by molar-refractivity contribution is 6.19. The van der Waals surface area contributed by atoms with Gasteiger partial charge in [-0.2, -0.15) is 0 Å². The van der Waals surface area contributed by atoms with Gasteiger partial charge in [-0.3, -0.25) is 4.70 Å². The number of anilines is 15. The van der Waals surface area contributed by atoms with E-state index in [1.165, 1.54) is 97.3 Å². The number of benzene rings is 23. The van der Waals surface area contributed by atoms with E-state index >= 15 is 0 Å². The van der Waals surface area contributed by atoms with Crippen LogP contribution in [0.1, 0.15) is 0 Å². The van der Waals surface area contributed by atoms with E-state index in [4.69, 9.17) is 0 Å². The zero-order valence-electron chi connectivity index (χ0n) is 70.2. The predicted molar refractivity (Wildman–Crippen MR) is 545 cm³/mol. The van der Waals surface area contributed by atoms with Crippen molar-refractivity contribution in [2.45, 2.75) is 0 Å². The number of rotatable bonds is 18. The first-order valence-electron chi connectivity index (χ1n) is 43.5. The van der Waals surface area contributed by atoms with Gasteiger partial charge in [0.05, 0.1) is 22.7 Å². The Morgan fingerprint density at radius 2 is 0.234 bits per heavy atom. The fraction of sp³-hybridized carbons (Fsp3) is 0. The molecular formula is C122H86FN5. The van der Waals surface area contributed by atoms with Crippen LogP contribution in [0.15, 0.2) is 516 Å². The zero-order chi connectivity index (χ0) is 84.4. The van der Waals surface area contributed by atoms with E-state index in [1.54, 1.807) is 0 Å². The Kier molecular flexibility index (Phi) is 21.3. The van der Waals surface area contributed by atoms with E-state index in [1.807, 2.05) is 0 Å². The van der Waals surface area contributed by atoms with Crippen LogP contribution in [-0.4, -0.2) is 0 Å². The van der Waals surface area contributed by atoms with Crippen molar-refractivity contribution in [3.63, 3.8) is 0 Å². The van der Waals surface area contributed by atoms with Gasteiger partial charge >= 0.3 is 0 Å². The molecule has 0 aliphatic rings. The maximum atomic E-state index is 2.38. The van der Waals surface area contributed by atoms with Gasteiger partial charge in [-0.25, -0.2) is 0 Å². The molecule has 0 saturated carbocycles. The Balaban J connectivity index is 0.000000161. The molecule has 23 rings (SSSR count). The molecule has 5 nitrogen and oxygen atoms in total. The summed E-state index contributed by atoms with van der Waals surface area (Å²) < 4.78 is 0. The van der Waals surface area contributed by atoms with Crippen LogP contribution in [0.25, 0.3) is 120 Å². The third kappa shape index (κ3) is 15.0. The summed E-state index contributed by atoms with van der Waals surface area (Å²) in [5.74, 6) is 0. The van der Waals surface area contributed by atoms with Gasteiger partial charge in [-0.15, -0.1) is 0 Å². The van der Waals surface area contributed by atoms with Gasteiger partial charge in [-0.05, 0) is 256 Å². The number of fused-ring (bicyclic) bond motifs is 12. The van der Waals surface area contributed by atoms with Crippen LogP contribution in [0.4, 0.5) is 90.0 Å². The number of para-hydroxylation sites is 5. The number of hydrogen-bond acceptors (Lipinski definition) is 5. The molecule has 0 N–H and O–H groups in total. The largest absolute Gasteiger partial charge is 0.311 e. The normalized spacial score (nSPS) is 11.2.